The molecule has 4 aromatic rings. The van der Waals surface area contributed by atoms with Gasteiger partial charge >= 0.3 is 11.9 Å². The monoisotopic (exact) mass is 698 g/mol. The Morgan fingerprint density at radius 2 is 1.67 bits per heavy atom. The highest BCUT2D eigenvalue weighted by molar-refractivity contribution is 6.06. The lowest BCUT2D eigenvalue weighted by Gasteiger charge is -2.18. The molecular formula is C36H38N6O9. The van der Waals surface area contributed by atoms with Crippen molar-refractivity contribution in [2.24, 2.45) is 0 Å². The molecule has 0 saturated carbocycles. The van der Waals surface area contributed by atoms with Crippen molar-refractivity contribution in [3.05, 3.63) is 112 Å². The second-order valence-corrected chi connectivity index (χ2v) is 11.5. The Balaban J connectivity index is 1.34. The zero-order valence-electron chi connectivity index (χ0n) is 27.9. The Kier molecular flexibility index (Phi) is 13.0. The van der Waals surface area contributed by atoms with Crippen molar-refractivity contribution in [2.45, 2.75) is 44.8 Å². The third-order valence-corrected chi connectivity index (χ3v) is 7.74. The lowest BCUT2D eigenvalue weighted by atomic mass is 10.1. The molecule has 15 nitrogen and oxygen atoms in total. The molecule has 6 N–H and O–H groups in total. The normalized spacial score (nSPS) is 12.1. The van der Waals surface area contributed by atoms with Gasteiger partial charge in [0.1, 0.15) is 18.3 Å². The fourth-order valence-electron chi connectivity index (χ4n) is 5.28. The van der Waals surface area contributed by atoms with Gasteiger partial charge in [0, 0.05) is 35.4 Å². The van der Waals surface area contributed by atoms with E-state index in [-0.39, 0.29) is 42.2 Å². The molecule has 0 spiro atoms. The topological polar surface area (TPSA) is 218 Å². The van der Waals surface area contributed by atoms with Crippen molar-refractivity contribution in [3.8, 4) is 0 Å². The van der Waals surface area contributed by atoms with Gasteiger partial charge in [0.15, 0.2) is 0 Å². The van der Waals surface area contributed by atoms with E-state index in [9.17, 15) is 38.7 Å². The number of aromatic carboxylic acids is 1. The van der Waals surface area contributed by atoms with Crippen LogP contribution in [0.15, 0.2) is 90.0 Å². The number of para-hydroxylation sites is 1. The average Bonchev–Trinajstić information content (AvgIpc) is 3.52. The quantitative estimate of drug-likeness (QED) is 0.0745. The number of H-pyrrole nitrogens is 1. The van der Waals surface area contributed by atoms with Crippen molar-refractivity contribution in [1.82, 2.24) is 25.5 Å². The van der Waals surface area contributed by atoms with Gasteiger partial charge in [0.2, 0.25) is 17.7 Å². The molecular weight excluding hydrogens is 660 g/mol. The number of ether oxygens (including phenoxy) is 1. The molecule has 0 aliphatic heterocycles. The Morgan fingerprint density at radius 1 is 0.941 bits per heavy atom. The van der Waals surface area contributed by atoms with Crippen LogP contribution in [-0.2, 0) is 36.9 Å². The molecule has 4 amide bonds. The summed E-state index contributed by atoms with van der Waals surface area (Å²) < 4.78 is 5.68. The van der Waals surface area contributed by atoms with Crippen LogP contribution in [0.2, 0.25) is 0 Å². The zero-order valence-corrected chi connectivity index (χ0v) is 27.9. The minimum absolute atomic E-state index is 0.0201. The largest absolute Gasteiger partial charge is 0.478 e. The highest BCUT2D eigenvalue weighted by Crippen LogP contribution is 2.19. The third-order valence-electron chi connectivity index (χ3n) is 7.74. The van der Waals surface area contributed by atoms with Crippen LogP contribution < -0.4 is 26.8 Å². The number of aromatic nitrogens is 2. The first-order chi connectivity index (χ1) is 24.5. The number of aromatic amines is 1. The molecule has 4 rings (SSSR count). The maximum absolute atomic E-state index is 13.1. The summed E-state index contributed by atoms with van der Waals surface area (Å²) in [4.78, 5) is 91.0. The molecule has 0 aliphatic rings. The van der Waals surface area contributed by atoms with Crippen LogP contribution in [0.3, 0.4) is 0 Å². The lowest BCUT2D eigenvalue weighted by Crippen LogP contribution is -2.48. The predicted octanol–water partition coefficient (Wildman–Crippen LogP) is 2.14. The van der Waals surface area contributed by atoms with E-state index in [4.69, 9.17) is 0 Å². The van der Waals surface area contributed by atoms with E-state index in [1.165, 1.54) is 55.8 Å². The summed E-state index contributed by atoms with van der Waals surface area (Å²) in [5.74, 6) is -4.74. The van der Waals surface area contributed by atoms with Gasteiger partial charge in [-0.15, -0.1) is 0 Å². The maximum Gasteiger partial charge on any atom is 0.336 e. The summed E-state index contributed by atoms with van der Waals surface area (Å²) in [7, 11) is 1.20. The minimum Gasteiger partial charge on any atom is -0.478 e. The molecule has 266 valence electrons. The van der Waals surface area contributed by atoms with Gasteiger partial charge in [0.25, 0.3) is 11.5 Å². The van der Waals surface area contributed by atoms with E-state index in [0.717, 1.165) is 27.1 Å². The first kappa shape index (κ1) is 37.3. The lowest BCUT2D eigenvalue weighted by molar-refractivity contribution is -0.134. The first-order valence-electron chi connectivity index (χ1n) is 16.0. The second kappa shape index (κ2) is 17.8. The molecule has 0 bridgehead atoms. The van der Waals surface area contributed by atoms with E-state index in [0.29, 0.717) is 6.42 Å². The molecule has 15 heteroatoms. The molecule has 2 aromatic carbocycles. The first-order valence-corrected chi connectivity index (χ1v) is 16.0. The number of rotatable bonds is 16. The van der Waals surface area contributed by atoms with Crippen LogP contribution in [0.25, 0.3) is 10.9 Å². The Hall–Kier alpha value is -6.51. The zero-order chi connectivity index (χ0) is 36.9. The Bertz CT molecular complexity index is 2020. The summed E-state index contributed by atoms with van der Waals surface area (Å²) in [6.07, 6.45) is 6.57. The summed E-state index contributed by atoms with van der Waals surface area (Å²) in [6, 6.07) is 14.7. The molecule has 2 aromatic heterocycles. The van der Waals surface area contributed by atoms with E-state index in [1.807, 2.05) is 37.4 Å². The number of methoxy groups -OCH3 is 1. The van der Waals surface area contributed by atoms with Gasteiger partial charge in [-0.25, -0.2) is 9.59 Å². The van der Waals surface area contributed by atoms with Crippen LogP contribution >= 0.6 is 0 Å². The van der Waals surface area contributed by atoms with Gasteiger partial charge in [-0.3, -0.25) is 24.0 Å². The molecule has 2 heterocycles. The van der Waals surface area contributed by atoms with Crippen molar-refractivity contribution in [1.29, 1.82) is 0 Å². The SMILES string of the molecule is COC(=O)/C=C/CC[C@H](NC(=O)c1ccccc1C(=O)O)C(=O)NCC(=O)Nc1cccn(CC(=O)N[C@H](C)Cc2c[nH]c3ccccc23)c1=O. The predicted molar refractivity (Wildman–Crippen MR) is 187 cm³/mol. The van der Waals surface area contributed by atoms with E-state index >= 15 is 0 Å². The van der Waals surface area contributed by atoms with Crippen LogP contribution in [-0.4, -0.2) is 76.0 Å². The van der Waals surface area contributed by atoms with Gasteiger partial charge in [-0.1, -0.05) is 36.4 Å². The number of nitrogens with one attached hydrogen (secondary N) is 5. The number of esters is 1. The smallest absolute Gasteiger partial charge is 0.336 e. The van der Waals surface area contributed by atoms with Gasteiger partial charge in [-0.2, -0.15) is 0 Å². The Labute approximate surface area is 292 Å². The standard InChI is InChI=1S/C36H38N6O9/c1-22(18-23-19-37-27-13-6-5-10-24(23)27)39-31(44)21-42-17-9-15-29(35(42)48)40-30(43)20-38-34(47)28(14-7-8-16-32(45)51-2)41-33(46)25-11-3-4-12-26(25)36(49)50/h3-6,8-13,15-17,19,22,28,37H,7,14,18,20-21H2,1-2H3,(H,38,47)(H,39,44)(H,40,43)(H,41,46)(H,49,50)/b16-8+/t22-,28+/m1/s1. The fourth-order valence-corrected chi connectivity index (χ4v) is 5.28. The number of anilines is 1. The molecule has 0 saturated heterocycles. The van der Waals surface area contributed by atoms with E-state index in [2.05, 4.69) is 31.0 Å². The third kappa shape index (κ3) is 10.5. The number of carbonyl (C=O) groups is 6. The summed E-state index contributed by atoms with van der Waals surface area (Å²) in [5, 5.41) is 20.7. The van der Waals surface area contributed by atoms with Crippen molar-refractivity contribution in [2.75, 3.05) is 19.0 Å². The van der Waals surface area contributed by atoms with Crippen LogP contribution in [0, 0.1) is 0 Å². The number of benzene rings is 2. The Morgan fingerprint density at radius 3 is 2.41 bits per heavy atom. The number of hydrogen-bond donors (Lipinski definition) is 6. The number of fused-ring (bicyclic) bond motifs is 1. The summed E-state index contributed by atoms with van der Waals surface area (Å²) >= 11 is 0. The highest BCUT2D eigenvalue weighted by Gasteiger charge is 2.24. The molecule has 51 heavy (non-hydrogen) atoms. The van der Waals surface area contributed by atoms with Crippen molar-refractivity contribution >= 4 is 52.2 Å². The second-order valence-electron chi connectivity index (χ2n) is 11.5. The van der Waals surface area contributed by atoms with Crippen molar-refractivity contribution in [3.63, 3.8) is 0 Å². The highest BCUT2D eigenvalue weighted by atomic mass is 16.5. The molecule has 0 unspecified atom stereocenters. The number of carboxylic acid groups (broad SMARTS) is 1. The van der Waals surface area contributed by atoms with Gasteiger partial charge < -0.3 is 40.7 Å². The fraction of sp³-hybridized carbons (Fsp3) is 0.250. The number of hydrogen-bond acceptors (Lipinski definition) is 8. The van der Waals surface area contributed by atoms with Crippen LogP contribution in [0.1, 0.15) is 46.0 Å². The number of nitrogens with zero attached hydrogens (tertiary/aromatic N) is 1. The number of carboxylic acids is 1. The number of pyridine rings is 1. The number of carbonyl (C=O) groups excluding carboxylic acids is 5. The minimum atomic E-state index is -1.34. The van der Waals surface area contributed by atoms with Crippen LogP contribution in [0.4, 0.5) is 5.69 Å². The van der Waals surface area contributed by atoms with E-state index < -0.39 is 53.7 Å². The van der Waals surface area contributed by atoms with Crippen molar-refractivity contribution < 1.29 is 38.6 Å². The van der Waals surface area contributed by atoms with Crippen LogP contribution in [0.5, 0.6) is 0 Å². The molecule has 2 atom stereocenters. The maximum atomic E-state index is 13.1. The number of allylic oxidation sites excluding steroid dienone is 1. The number of amides is 4. The summed E-state index contributed by atoms with van der Waals surface area (Å²) in [6.45, 7) is 0.973. The molecule has 0 radical (unpaired) electrons. The van der Waals surface area contributed by atoms with Gasteiger partial charge in [-0.05, 0) is 62.1 Å². The average molecular weight is 699 g/mol. The molecule has 0 fully saturated rings. The summed E-state index contributed by atoms with van der Waals surface area (Å²) in [5.41, 5.74) is 0.816. The van der Waals surface area contributed by atoms with E-state index in [1.54, 1.807) is 0 Å². The molecule has 0 aliphatic carbocycles. The van der Waals surface area contributed by atoms with Gasteiger partial charge in [0.05, 0.1) is 24.8 Å².